The van der Waals surface area contributed by atoms with Gasteiger partial charge in [0.05, 0.1) is 17.4 Å². The standard InChI is InChI=1S/C20H27N3O/c1-5-9-23(10-6-2)19-12-17(13-21-14-19)20(24)22-18-8-7-15(3)16(4)11-18/h7-8,11-14H,5-6,9-10H2,1-4H3,(H,22,24). The Morgan fingerprint density at radius 1 is 1.04 bits per heavy atom. The normalized spacial score (nSPS) is 10.5. The first-order valence-corrected chi connectivity index (χ1v) is 8.63. The summed E-state index contributed by atoms with van der Waals surface area (Å²) in [5.74, 6) is -0.124. The van der Waals surface area contributed by atoms with E-state index in [0.717, 1.165) is 42.9 Å². The average molecular weight is 325 g/mol. The first-order chi connectivity index (χ1) is 11.5. The van der Waals surface area contributed by atoms with E-state index >= 15 is 0 Å². The van der Waals surface area contributed by atoms with E-state index in [9.17, 15) is 4.79 Å². The van der Waals surface area contributed by atoms with Gasteiger partial charge in [-0.25, -0.2) is 0 Å². The maximum Gasteiger partial charge on any atom is 0.257 e. The summed E-state index contributed by atoms with van der Waals surface area (Å²) in [6.07, 6.45) is 5.59. The van der Waals surface area contributed by atoms with Crippen LogP contribution >= 0.6 is 0 Å². The minimum Gasteiger partial charge on any atom is -0.370 e. The molecule has 0 saturated carbocycles. The summed E-state index contributed by atoms with van der Waals surface area (Å²) in [5.41, 5.74) is 4.78. The maximum atomic E-state index is 12.5. The lowest BCUT2D eigenvalue weighted by Gasteiger charge is -2.23. The minimum atomic E-state index is -0.124. The molecule has 4 heteroatoms. The van der Waals surface area contributed by atoms with Gasteiger partial charge in [0.25, 0.3) is 5.91 Å². The highest BCUT2D eigenvalue weighted by molar-refractivity contribution is 6.04. The molecule has 1 N–H and O–H groups in total. The van der Waals surface area contributed by atoms with Crippen LogP contribution in [-0.4, -0.2) is 24.0 Å². The Morgan fingerprint density at radius 2 is 1.75 bits per heavy atom. The summed E-state index contributed by atoms with van der Waals surface area (Å²) in [6.45, 7) is 10.4. The number of hydrogen-bond donors (Lipinski definition) is 1. The molecule has 2 rings (SSSR count). The Kier molecular flexibility index (Phi) is 6.36. The van der Waals surface area contributed by atoms with Crippen molar-refractivity contribution in [1.82, 2.24) is 4.98 Å². The van der Waals surface area contributed by atoms with E-state index in [2.05, 4.69) is 36.0 Å². The first-order valence-electron chi connectivity index (χ1n) is 8.63. The summed E-state index contributed by atoms with van der Waals surface area (Å²) in [4.78, 5) is 19.1. The molecular weight excluding hydrogens is 298 g/mol. The molecule has 0 aliphatic carbocycles. The molecule has 0 aliphatic heterocycles. The number of carbonyl (C=O) groups is 1. The molecule has 0 fully saturated rings. The molecule has 0 aliphatic rings. The highest BCUT2D eigenvalue weighted by atomic mass is 16.1. The lowest BCUT2D eigenvalue weighted by molar-refractivity contribution is 0.102. The summed E-state index contributed by atoms with van der Waals surface area (Å²) in [6, 6.07) is 7.86. The second-order valence-electron chi connectivity index (χ2n) is 6.17. The number of rotatable bonds is 7. The zero-order valence-electron chi connectivity index (χ0n) is 15.1. The van der Waals surface area contributed by atoms with Gasteiger partial charge in [-0.3, -0.25) is 9.78 Å². The van der Waals surface area contributed by atoms with Crippen LogP contribution in [0.2, 0.25) is 0 Å². The number of amides is 1. The number of aryl methyl sites for hydroxylation is 2. The van der Waals surface area contributed by atoms with E-state index in [0.29, 0.717) is 5.56 Å². The predicted molar refractivity (Wildman–Crippen MR) is 101 cm³/mol. The third kappa shape index (κ3) is 4.57. The maximum absolute atomic E-state index is 12.5. The van der Waals surface area contributed by atoms with Crippen molar-refractivity contribution in [3.63, 3.8) is 0 Å². The predicted octanol–water partition coefficient (Wildman–Crippen LogP) is 4.58. The van der Waals surface area contributed by atoms with Gasteiger partial charge in [-0.1, -0.05) is 19.9 Å². The molecule has 0 spiro atoms. The van der Waals surface area contributed by atoms with Crippen molar-refractivity contribution in [2.75, 3.05) is 23.3 Å². The molecule has 1 heterocycles. The highest BCUT2D eigenvalue weighted by Gasteiger charge is 2.11. The van der Waals surface area contributed by atoms with Crippen molar-refractivity contribution < 1.29 is 4.79 Å². The van der Waals surface area contributed by atoms with Crippen molar-refractivity contribution in [2.45, 2.75) is 40.5 Å². The van der Waals surface area contributed by atoms with Crippen LogP contribution in [0.1, 0.15) is 48.2 Å². The van der Waals surface area contributed by atoms with Crippen LogP contribution in [0.4, 0.5) is 11.4 Å². The lowest BCUT2D eigenvalue weighted by Crippen LogP contribution is -2.25. The average Bonchev–Trinajstić information content (AvgIpc) is 2.58. The zero-order chi connectivity index (χ0) is 17.5. The van der Waals surface area contributed by atoms with Gasteiger partial charge in [-0.15, -0.1) is 0 Å². The van der Waals surface area contributed by atoms with E-state index in [1.807, 2.05) is 37.4 Å². The van der Waals surface area contributed by atoms with Crippen molar-refractivity contribution in [1.29, 1.82) is 0 Å². The molecule has 0 saturated heterocycles. The van der Waals surface area contributed by atoms with Crippen molar-refractivity contribution in [2.24, 2.45) is 0 Å². The second kappa shape index (κ2) is 8.48. The third-order valence-corrected chi connectivity index (χ3v) is 4.10. The molecule has 1 amide bonds. The molecule has 0 atom stereocenters. The number of nitrogens with one attached hydrogen (secondary N) is 1. The van der Waals surface area contributed by atoms with E-state index in [1.165, 1.54) is 5.56 Å². The number of carbonyl (C=O) groups excluding carboxylic acids is 1. The van der Waals surface area contributed by atoms with E-state index in [-0.39, 0.29) is 5.91 Å². The van der Waals surface area contributed by atoms with E-state index in [1.54, 1.807) is 6.20 Å². The molecule has 24 heavy (non-hydrogen) atoms. The molecule has 128 valence electrons. The van der Waals surface area contributed by atoms with Crippen LogP contribution in [-0.2, 0) is 0 Å². The monoisotopic (exact) mass is 325 g/mol. The number of aromatic nitrogens is 1. The van der Waals surface area contributed by atoms with Crippen LogP contribution in [0.5, 0.6) is 0 Å². The SMILES string of the molecule is CCCN(CCC)c1cncc(C(=O)Nc2ccc(C)c(C)c2)c1. The Balaban J connectivity index is 2.17. The van der Waals surface area contributed by atoms with Gasteiger partial charge in [0, 0.05) is 25.0 Å². The minimum absolute atomic E-state index is 0.124. The Morgan fingerprint density at radius 3 is 2.38 bits per heavy atom. The Labute approximate surface area is 144 Å². The number of benzene rings is 1. The van der Waals surface area contributed by atoms with Gasteiger partial charge in [0.2, 0.25) is 0 Å². The fourth-order valence-corrected chi connectivity index (χ4v) is 2.66. The second-order valence-corrected chi connectivity index (χ2v) is 6.17. The summed E-state index contributed by atoms with van der Waals surface area (Å²) in [5, 5.41) is 2.96. The Hall–Kier alpha value is -2.36. The molecule has 4 nitrogen and oxygen atoms in total. The molecule has 1 aromatic carbocycles. The topological polar surface area (TPSA) is 45.2 Å². The van der Waals surface area contributed by atoms with Gasteiger partial charge in [0.1, 0.15) is 0 Å². The number of nitrogens with zero attached hydrogens (tertiary/aromatic N) is 2. The van der Waals surface area contributed by atoms with Crippen LogP contribution < -0.4 is 10.2 Å². The van der Waals surface area contributed by atoms with Crippen molar-refractivity contribution in [3.8, 4) is 0 Å². The summed E-state index contributed by atoms with van der Waals surface area (Å²) in [7, 11) is 0. The lowest BCUT2D eigenvalue weighted by atomic mass is 10.1. The van der Waals surface area contributed by atoms with E-state index in [4.69, 9.17) is 0 Å². The van der Waals surface area contributed by atoms with Crippen molar-refractivity contribution >= 4 is 17.3 Å². The smallest absolute Gasteiger partial charge is 0.257 e. The first kappa shape index (κ1) is 18.0. The molecule has 2 aromatic rings. The third-order valence-electron chi connectivity index (χ3n) is 4.10. The van der Waals surface area contributed by atoms with Gasteiger partial charge < -0.3 is 10.2 Å². The van der Waals surface area contributed by atoms with Gasteiger partial charge >= 0.3 is 0 Å². The van der Waals surface area contributed by atoms with Crippen LogP contribution in [0, 0.1) is 13.8 Å². The molecule has 0 radical (unpaired) electrons. The van der Waals surface area contributed by atoms with E-state index < -0.39 is 0 Å². The number of hydrogen-bond acceptors (Lipinski definition) is 3. The fourth-order valence-electron chi connectivity index (χ4n) is 2.66. The van der Waals surface area contributed by atoms with Crippen LogP contribution in [0.3, 0.4) is 0 Å². The highest BCUT2D eigenvalue weighted by Crippen LogP contribution is 2.18. The fraction of sp³-hybridized carbons (Fsp3) is 0.400. The van der Waals surface area contributed by atoms with Gasteiger partial charge in [0.15, 0.2) is 0 Å². The quantitative estimate of drug-likeness (QED) is 0.810. The molecule has 0 bridgehead atoms. The summed E-state index contributed by atoms with van der Waals surface area (Å²) < 4.78 is 0. The number of anilines is 2. The van der Waals surface area contributed by atoms with Gasteiger partial charge in [-0.2, -0.15) is 0 Å². The van der Waals surface area contributed by atoms with Crippen LogP contribution in [0.15, 0.2) is 36.7 Å². The molecule has 1 aromatic heterocycles. The Bertz CT molecular complexity index is 691. The zero-order valence-corrected chi connectivity index (χ0v) is 15.1. The van der Waals surface area contributed by atoms with Crippen molar-refractivity contribution in [3.05, 3.63) is 53.3 Å². The largest absolute Gasteiger partial charge is 0.370 e. The van der Waals surface area contributed by atoms with Crippen LogP contribution in [0.25, 0.3) is 0 Å². The number of pyridine rings is 1. The van der Waals surface area contributed by atoms with Gasteiger partial charge in [-0.05, 0) is 56.0 Å². The molecular formula is C20H27N3O. The molecule has 0 unspecified atom stereocenters. The summed E-state index contributed by atoms with van der Waals surface area (Å²) >= 11 is 0.